The monoisotopic (exact) mass is 276 g/mol. The molecular weight excluding hydrogens is 248 g/mol. The third-order valence-corrected chi connectivity index (χ3v) is 3.64. The second kappa shape index (κ2) is 8.62. The molecule has 3 nitrogen and oxygen atoms in total. The average molecular weight is 276 g/mol. The van der Waals surface area contributed by atoms with Gasteiger partial charge in [0.05, 0.1) is 0 Å². The van der Waals surface area contributed by atoms with E-state index >= 15 is 0 Å². The Morgan fingerprint density at radius 2 is 1.85 bits per heavy atom. The number of carbonyl (C=O) groups excluding carboxylic acids is 1. The Balaban J connectivity index is 2.75. The Hall–Kier alpha value is -1.51. The van der Waals surface area contributed by atoms with Crippen molar-refractivity contribution in [1.29, 1.82) is 0 Å². The van der Waals surface area contributed by atoms with Crippen LogP contribution in [0.4, 0.5) is 5.69 Å². The molecule has 0 fully saturated rings. The van der Waals surface area contributed by atoms with Crippen LogP contribution in [0.3, 0.4) is 0 Å². The predicted octanol–water partition coefficient (Wildman–Crippen LogP) is 3.83. The van der Waals surface area contributed by atoms with Crippen molar-refractivity contribution in [2.45, 2.75) is 53.0 Å². The zero-order chi connectivity index (χ0) is 15.0. The first-order valence-corrected chi connectivity index (χ1v) is 7.75. The molecule has 0 radical (unpaired) electrons. The van der Waals surface area contributed by atoms with Crippen molar-refractivity contribution in [2.75, 3.05) is 12.3 Å². The van der Waals surface area contributed by atoms with Crippen LogP contribution in [0.1, 0.15) is 52.0 Å². The topological polar surface area (TPSA) is 46.3 Å². The molecule has 0 saturated heterocycles. The maximum atomic E-state index is 12.6. The molecule has 0 aliphatic carbocycles. The summed E-state index contributed by atoms with van der Waals surface area (Å²) in [5.74, 6) is 0.463. The molecule has 2 N–H and O–H groups in total. The minimum absolute atomic E-state index is 0.172. The number of hydrogen-bond donors (Lipinski definition) is 1. The van der Waals surface area contributed by atoms with Crippen molar-refractivity contribution in [3.8, 4) is 0 Å². The summed E-state index contributed by atoms with van der Waals surface area (Å²) in [5, 5.41) is 0. The molecular formula is C17H28N2O. The van der Waals surface area contributed by atoms with Gasteiger partial charge in [-0.2, -0.15) is 0 Å². The molecule has 1 aromatic carbocycles. The number of nitrogens with two attached hydrogens (primary N) is 1. The molecule has 1 aromatic rings. The lowest BCUT2D eigenvalue weighted by Crippen LogP contribution is -2.35. The number of nitrogen functional groups attached to an aromatic ring is 1. The van der Waals surface area contributed by atoms with Crippen LogP contribution < -0.4 is 5.73 Å². The van der Waals surface area contributed by atoms with E-state index in [1.807, 2.05) is 36.1 Å². The van der Waals surface area contributed by atoms with E-state index in [1.165, 1.54) is 0 Å². The SMILES string of the molecule is CCCC(CCC)C(=O)N(CC)Cc1cccc(N)c1. The van der Waals surface area contributed by atoms with Gasteiger partial charge in [0.25, 0.3) is 0 Å². The third kappa shape index (κ3) is 4.87. The molecule has 0 unspecified atom stereocenters. The van der Waals surface area contributed by atoms with Crippen molar-refractivity contribution in [1.82, 2.24) is 4.90 Å². The number of nitrogens with zero attached hydrogens (tertiary/aromatic N) is 1. The first kappa shape index (κ1) is 16.5. The Morgan fingerprint density at radius 3 is 2.35 bits per heavy atom. The van der Waals surface area contributed by atoms with E-state index in [2.05, 4.69) is 13.8 Å². The number of hydrogen-bond acceptors (Lipinski definition) is 2. The first-order valence-electron chi connectivity index (χ1n) is 7.75. The number of carbonyl (C=O) groups is 1. The summed E-state index contributed by atoms with van der Waals surface area (Å²) in [6.07, 6.45) is 4.10. The Bertz CT molecular complexity index is 411. The maximum absolute atomic E-state index is 12.6. The maximum Gasteiger partial charge on any atom is 0.225 e. The molecule has 0 aliphatic heterocycles. The molecule has 0 atom stereocenters. The van der Waals surface area contributed by atoms with Gasteiger partial charge in [-0.15, -0.1) is 0 Å². The molecule has 0 spiro atoms. The molecule has 0 saturated carbocycles. The van der Waals surface area contributed by atoms with Gasteiger partial charge in [-0.1, -0.05) is 38.8 Å². The quantitative estimate of drug-likeness (QED) is 0.733. The van der Waals surface area contributed by atoms with Crippen LogP contribution in [0.2, 0.25) is 0 Å². The van der Waals surface area contributed by atoms with Gasteiger partial charge in [0, 0.05) is 24.7 Å². The molecule has 0 aliphatic rings. The molecule has 1 rings (SSSR count). The van der Waals surface area contributed by atoms with Gasteiger partial charge < -0.3 is 10.6 Å². The highest BCUT2D eigenvalue weighted by molar-refractivity contribution is 5.78. The van der Waals surface area contributed by atoms with Gasteiger partial charge in [0.15, 0.2) is 0 Å². The van der Waals surface area contributed by atoms with Gasteiger partial charge in [0.1, 0.15) is 0 Å². The van der Waals surface area contributed by atoms with Crippen molar-refractivity contribution < 1.29 is 4.79 Å². The zero-order valence-corrected chi connectivity index (χ0v) is 13.1. The normalized spacial score (nSPS) is 10.8. The highest BCUT2D eigenvalue weighted by Gasteiger charge is 2.22. The average Bonchev–Trinajstić information content (AvgIpc) is 2.44. The number of anilines is 1. The number of amides is 1. The lowest BCUT2D eigenvalue weighted by atomic mass is 9.96. The smallest absolute Gasteiger partial charge is 0.225 e. The van der Waals surface area contributed by atoms with E-state index in [0.29, 0.717) is 12.5 Å². The standard InChI is InChI=1S/C17H28N2O/c1-4-8-15(9-5-2)17(20)19(6-3)13-14-10-7-11-16(18)12-14/h7,10-12,15H,4-6,8-9,13,18H2,1-3H3. The summed E-state index contributed by atoms with van der Waals surface area (Å²) in [4.78, 5) is 14.6. The minimum Gasteiger partial charge on any atom is -0.399 e. The lowest BCUT2D eigenvalue weighted by molar-refractivity contribution is -0.136. The van der Waals surface area contributed by atoms with Crippen LogP contribution in [0, 0.1) is 5.92 Å². The van der Waals surface area contributed by atoms with Crippen molar-refractivity contribution in [2.24, 2.45) is 5.92 Å². The van der Waals surface area contributed by atoms with Crippen LogP contribution in [0.5, 0.6) is 0 Å². The summed E-state index contributed by atoms with van der Waals surface area (Å²) in [6, 6.07) is 7.79. The Morgan fingerprint density at radius 1 is 1.20 bits per heavy atom. The lowest BCUT2D eigenvalue weighted by Gasteiger charge is -2.26. The van der Waals surface area contributed by atoms with Crippen molar-refractivity contribution >= 4 is 11.6 Å². The van der Waals surface area contributed by atoms with Gasteiger partial charge in [-0.05, 0) is 37.5 Å². The van der Waals surface area contributed by atoms with Gasteiger partial charge in [-0.25, -0.2) is 0 Å². The van der Waals surface area contributed by atoms with E-state index in [-0.39, 0.29) is 5.92 Å². The number of benzene rings is 1. The highest BCUT2D eigenvalue weighted by Crippen LogP contribution is 2.19. The van der Waals surface area contributed by atoms with Gasteiger partial charge in [-0.3, -0.25) is 4.79 Å². The van der Waals surface area contributed by atoms with E-state index in [9.17, 15) is 4.79 Å². The fraction of sp³-hybridized carbons (Fsp3) is 0.588. The van der Waals surface area contributed by atoms with E-state index < -0.39 is 0 Å². The number of rotatable bonds is 8. The summed E-state index contributed by atoms with van der Waals surface area (Å²) >= 11 is 0. The van der Waals surface area contributed by atoms with Crippen LogP contribution in [-0.4, -0.2) is 17.4 Å². The second-order valence-corrected chi connectivity index (χ2v) is 5.37. The van der Waals surface area contributed by atoms with E-state index in [0.717, 1.165) is 43.5 Å². The summed E-state index contributed by atoms with van der Waals surface area (Å²) in [7, 11) is 0. The van der Waals surface area contributed by atoms with E-state index in [1.54, 1.807) is 0 Å². The second-order valence-electron chi connectivity index (χ2n) is 5.37. The fourth-order valence-corrected chi connectivity index (χ4v) is 2.60. The van der Waals surface area contributed by atoms with Crippen molar-refractivity contribution in [3.05, 3.63) is 29.8 Å². The fourth-order valence-electron chi connectivity index (χ4n) is 2.60. The molecule has 1 amide bonds. The largest absolute Gasteiger partial charge is 0.399 e. The van der Waals surface area contributed by atoms with Gasteiger partial charge >= 0.3 is 0 Å². The molecule has 20 heavy (non-hydrogen) atoms. The van der Waals surface area contributed by atoms with Crippen LogP contribution >= 0.6 is 0 Å². The summed E-state index contributed by atoms with van der Waals surface area (Å²) in [6.45, 7) is 7.73. The Kier molecular flexibility index (Phi) is 7.13. The molecule has 3 heteroatoms. The predicted molar refractivity (Wildman–Crippen MR) is 85.3 cm³/mol. The third-order valence-electron chi connectivity index (χ3n) is 3.64. The minimum atomic E-state index is 0.172. The summed E-state index contributed by atoms with van der Waals surface area (Å²) < 4.78 is 0. The molecule has 0 aromatic heterocycles. The summed E-state index contributed by atoms with van der Waals surface area (Å²) in [5.41, 5.74) is 7.66. The first-order chi connectivity index (χ1) is 9.62. The Labute approximate surface area is 123 Å². The van der Waals surface area contributed by atoms with Crippen LogP contribution in [0.15, 0.2) is 24.3 Å². The zero-order valence-electron chi connectivity index (χ0n) is 13.1. The van der Waals surface area contributed by atoms with Crippen LogP contribution in [-0.2, 0) is 11.3 Å². The molecule has 112 valence electrons. The van der Waals surface area contributed by atoms with Crippen LogP contribution in [0.25, 0.3) is 0 Å². The molecule has 0 bridgehead atoms. The van der Waals surface area contributed by atoms with Gasteiger partial charge in [0.2, 0.25) is 5.91 Å². The van der Waals surface area contributed by atoms with E-state index in [4.69, 9.17) is 5.73 Å². The van der Waals surface area contributed by atoms with Crippen molar-refractivity contribution in [3.63, 3.8) is 0 Å². The highest BCUT2D eigenvalue weighted by atomic mass is 16.2. The molecule has 0 heterocycles.